The van der Waals surface area contributed by atoms with Crippen molar-refractivity contribution in [3.05, 3.63) is 5.82 Å². The summed E-state index contributed by atoms with van der Waals surface area (Å²) in [7, 11) is 0. The molecule has 0 aliphatic rings. The lowest BCUT2D eigenvalue weighted by molar-refractivity contribution is 0.597. The summed E-state index contributed by atoms with van der Waals surface area (Å²) in [6, 6.07) is 0. The van der Waals surface area contributed by atoms with Crippen molar-refractivity contribution in [2.24, 2.45) is 0 Å². The molecule has 0 fully saturated rings. The van der Waals surface area contributed by atoms with Crippen molar-refractivity contribution in [3.8, 4) is 0 Å². The highest BCUT2D eigenvalue weighted by molar-refractivity contribution is 6.20. The van der Waals surface area contributed by atoms with E-state index in [0.29, 0.717) is 0 Å². The second-order valence-corrected chi connectivity index (χ2v) is 2.62. The standard InChI is InChI=1S/C5H9ClN4/c1-3-10-5(4(2)6)7-8-9-10/h4H,3H2,1-2H3. The van der Waals surface area contributed by atoms with E-state index in [9.17, 15) is 0 Å². The third-order valence-electron chi connectivity index (χ3n) is 1.21. The normalized spacial score (nSPS) is 13.5. The number of hydrogen-bond acceptors (Lipinski definition) is 3. The molecule has 0 amide bonds. The summed E-state index contributed by atoms with van der Waals surface area (Å²) < 4.78 is 1.68. The van der Waals surface area contributed by atoms with Crippen LogP contribution in [0.15, 0.2) is 0 Å². The Kier molecular flexibility index (Phi) is 2.21. The fourth-order valence-corrected chi connectivity index (χ4v) is 0.878. The molecule has 0 saturated heterocycles. The lowest BCUT2D eigenvalue weighted by atomic mass is 10.4. The zero-order chi connectivity index (χ0) is 7.56. The van der Waals surface area contributed by atoms with Crippen LogP contribution in [0.4, 0.5) is 0 Å². The first-order chi connectivity index (χ1) is 4.75. The molecule has 5 heteroatoms. The Morgan fingerprint density at radius 1 is 1.70 bits per heavy atom. The third kappa shape index (κ3) is 1.26. The Labute approximate surface area is 64.2 Å². The molecule has 56 valence electrons. The van der Waals surface area contributed by atoms with Crippen molar-refractivity contribution in [2.75, 3.05) is 0 Å². The van der Waals surface area contributed by atoms with Gasteiger partial charge in [0, 0.05) is 6.54 Å². The summed E-state index contributed by atoms with van der Waals surface area (Å²) in [6.45, 7) is 4.58. The predicted molar refractivity (Wildman–Crippen MR) is 37.8 cm³/mol. The van der Waals surface area contributed by atoms with Gasteiger partial charge in [0.05, 0.1) is 5.38 Å². The van der Waals surface area contributed by atoms with E-state index in [2.05, 4.69) is 15.5 Å². The molecule has 1 unspecified atom stereocenters. The zero-order valence-corrected chi connectivity index (χ0v) is 6.71. The molecule has 0 saturated carbocycles. The Morgan fingerprint density at radius 3 is 2.80 bits per heavy atom. The van der Waals surface area contributed by atoms with Gasteiger partial charge in [-0.15, -0.1) is 16.7 Å². The number of rotatable bonds is 2. The fourth-order valence-electron chi connectivity index (χ4n) is 0.722. The highest BCUT2D eigenvalue weighted by Gasteiger charge is 2.08. The van der Waals surface area contributed by atoms with Gasteiger partial charge in [0.25, 0.3) is 0 Å². The van der Waals surface area contributed by atoms with E-state index < -0.39 is 0 Å². The van der Waals surface area contributed by atoms with Crippen molar-refractivity contribution in [2.45, 2.75) is 25.8 Å². The SMILES string of the molecule is CCn1nnnc1C(C)Cl. The first-order valence-electron chi connectivity index (χ1n) is 3.15. The molecule has 0 N–H and O–H groups in total. The number of hydrogen-bond donors (Lipinski definition) is 0. The number of tetrazole rings is 1. The van der Waals surface area contributed by atoms with E-state index >= 15 is 0 Å². The van der Waals surface area contributed by atoms with E-state index in [-0.39, 0.29) is 5.38 Å². The monoisotopic (exact) mass is 160 g/mol. The predicted octanol–water partition coefficient (Wildman–Crippen LogP) is 0.993. The van der Waals surface area contributed by atoms with E-state index in [1.165, 1.54) is 0 Å². The minimum absolute atomic E-state index is 0.116. The van der Waals surface area contributed by atoms with E-state index in [1.807, 2.05) is 13.8 Å². The van der Waals surface area contributed by atoms with Gasteiger partial charge in [0.1, 0.15) is 0 Å². The maximum atomic E-state index is 5.77. The van der Waals surface area contributed by atoms with Gasteiger partial charge < -0.3 is 0 Å². The molecule has 4 nitrogen and oxygen atoms in total. The van der Waals surface area contributed by atoms with Crippen LogP contribution in [-0.2, 0) is 6.54 Å². The van der Waals surface area contributed by atoms with Gasteiger partial charge in [-0.25, -0.2) is 4.68 Å². The third-order valence-corrected chi connectivity index (χ3v) is 1.41. The number of halogens is 1. The van der Waals surface area contributed by atoms with Crippen molar-refractivity contribution in [3.63, 3.8) is 0 Å². The zero-order valence-electron chi connectivity index (χ0n) is 5.95. The van der Waals surface area contributed by atoms with Gasteiger partial charge in [-0.2, -0.15) is 0 Å². The molecule has 0 bridgehead atoms. The average Bonchev–Trinajstić information content (AvgIpc) is 2.33. The molecule has 0 aliphatic carbocycles. The van der Waals surface area contributed by atoms with Crippen LogP contribution >= 0.6 is 11.6 Å². The molecule has 0 radical (unpaired) electrons. The minimum atomic E-state index is -0.116. The molecular weight excluding hydrogens is 152 g/mol. The van der Waals surface area contributed by atoms with Crippen molar-refractivity contribution in [1.82, 2.24) is 20.2 Å². The van der Waals surface area contributed by atoms with E-state index in [1.54, 1.807) is 4.68 Å². The van der Waals surface area contributed by atoms with Crippen LogP contribution in [0.3, 0.4) is 0 Å². The van der Waals surface area contributed by atoms with Crippen LogP contribution in [0.25, 0.3) is 0 Å². The lowest BCUT2D eigenvalue weighted by Gasteiger charge is -2.00. The van der Waals surface area contributed by atoms with Crippen molar-refractivity contribution < 1.29 is 0 Å². The molecular formula is C5H9ClN4. The number of aromatic nitrogens is 4. The van der Waals surface area contributed by atoms with Gasteiger partial charge in [-0.05, 0) is 24.3 Å². The van der Waals surface area contributed by atoms with Gasteiger partial charge in [0.15, 0.2) is 5.82 Å². The molecule has 1 aromatic rings. The van der Waals surface area contributed by atoms with Gasteiger partial charge in [0.2, 0.25) is 0 Å². The summed E-state index contributed by atoms with van der Waals surface area (Å²) in [5, 5.41) is 10.9. The molecule has 1 heterocycles. The fraction of sp³-hybridized carbons (Fsp3) is 0.800. The van der Waals surface area contributed by atoms with Gasteiger partial charge in [-0.3, -0.25) is 0 Å². The molecule has 1 aromatic heterocycles. The first kappa shape index (κ1) is 7.47. The lowest BCUT2D eigenvalue weighted by Crippen LogP contribution is -2.03. The average molecular weight is 161 g/mol. The highest BCUT2D eigenvalue weighted by atomic mass is 35.5. The van der Waals surface area contributed by atoms with Crippen LogP contribution < -0.4 is 0 Å². The summed E-state index contributed by atoms with van der Waals surface area (Å²) in [4.78, 5) is 0. The molecule has 10 heavy (non-hydrogen) atoms. The number of aryl methyl sites for hydroxylation is 1. The first-order valence-corrected chi connectivity index (χ1v) is 3.59. The van der Waals surface area contributed by atoms with Crippen LogP contribution in [-0.4, -0.2) is 20.2 Å². The second-order valence-electron chi connectivity index (χ2n) is 1.97. The Bertz CT molecular complexity index is 207. The molecule has 1 atom stereocenters. The van der Waals surface area contributed by atoms with Crippen molar-refractivity contribution >= 4 is 11.6 Å². The quantitative estimate of drug-likeness (QED) is 0.607. The van der Waals surface area contributed by atoms with Crippen LogP contribution in [0.1, 0.15) is 25.0 Å². The summed E-state index contributed by atoms with van der Waals surface area (Å²) in [6.07, 6.45) is 0. The molecule has 0 spiro atoms. The Morgan fingerprint density at radius 2 is 2.40 bits per heavy atom. The smallest absolute Gasteiger partial charge is 0.168 e. The number of nitrogens with zero attached hydrogens (tertiary/aromatic N) is 4. The van der Waals surface area contributed by atoms with Crippen LogP contribution in [0.5, 0.6) is 0 Å². The minimum Gasteiger partial charge on any atom is -0.228 e. The number of alkyl halides is 1. The second kappa shape index (κ2) is 2.96. The maximum absolute atomic E-state index is 5.77. The Hall–Kier alpha value is -0.640. The van der Waals surface area contributed by atoms with E-state index in [0.717, 1.165) is 12.4 Å². The molecule has 0 aliphatic heterocycles. The highest BCUT2D eigenvalue weighted by Crippen LogP contribution is 2.14. The topological polar surface area (TPSA) is 43.6 Å². The van der Waals surface area contributed by atoms with Crippen molar-refractivity contribution in [1.29, 1.82) is 0 Å². The Balaban J connectivity index is 2.90. The van der Waals surface area contributed by atoms with Crippen LogP contribution in [0, 0.1) is 0 Å². The largest absolute Gasteiger partial charge is 0.228 e. The summed E-state index contributed by atoms with van der Waals surface area (Å²) in [5.74, 6) is 0.726. The van der Waals surface area contributed by atoms with E-state index in [4.69, 9.17) is 11.6 Å². The van der Waals surface area contributed by atoms with Crippen LogP contribution in [0.2, 0.25) is 0 Å². The maximum Gasteiger partial charge on any atom is 0.168 e. The summed E-state index contributed by atoms with van der Waals surface area (Å²) in [5.41, 5.74) is 0. The molecule has 1 rings (SSSR count). The van der Waals surface area contributed by atoms with Gasteiger partial charge in [-0.1, -0.05) is 0 Å². The van der Waals surface area contributed by atoms with Gasteiger partial charge >= 0.3 is 0 Å². The summed E-state index contributed by atoms with van der Waals surface area (Å²) >= 11 is 5.77. The molecule has 0 aromatic carbocycles.